The molecule has 5 rings (SSSR count). The Morgan fingerprint density at radius 2 is 1.81 bits per heavy atom. The summed E-state index contributed by atoms with van der Waals surface area (Å²) >= 11 is 5.81. The lowest BCUT2D eigenvalue weighted by Gasteiger charge is -2.33. The maximum absolute atomic E-state index is 11.5. The van der Waals surface area contributed by atoms with Crippen LogP contribution in [0.4, 0.5) is 5.69 Å². The first-order valence-corrected chi connectivity index (χ1v) is 11.1. The van der Waals surface area contributed by atoms with Crippen LogP contribution in [0.3, 0.4) is 0 Å². The van der Waals surface area contributed by atoms with Crippen LogP contribution in [0.15, 0.2) is 54.6 Å². The van der Waals surface area contributed by atoms with E-state index in [1.54, 1.807) is 6.92 Å². The molecule has 0 bridgehead atoms. The van der Waals surface area contributed by atoms with Gasteiger partial charge in [-0.3, -0.25) is 9.20 Å². The van der Waals surface area contributed by atoms with E-state index in [0.717, 1.165) is 54.3 Å². The van der Waals surface area contributed by atoms with E-state index in [1.165, 1.54) is 21.5 Å². The summed E-state index contributed by atoms with van der Waals surface area (Å²) in [7, 11) is 0. The number of rotatable bonds is 4. The Bertz CT molecular complexity index is 1330. The molecule has 0 spiro atoms. The van der Waals surface area contributed by atoms with Gasteiger partial charge in [-0.1, -0.05) is 18.2 Å². The van der Waals surface area contributed by atoms with E-state index in [-0.39, 0.29) is 5.78 Å². The molecule has 1 N–H and O–H groups in total. The van der Waals surface area contributed by atoms with Gasteiger partial charge in [0.15, 0.2) is 18.1 Å². The lowest BCUT2D eigenvalue weighted by atomic mass is 10.1. The second-order valence-corrected chi connectivity index (χ2v) is 8.68. The first kappa shape index (κ1) is 19.9. The number of pyridine rings is 1. The largest absolute Gasteiger partial charge is 0.360 e. The van der Waals surface area contributed by atoms with Crippen LogP contribution in [0.25, 0.3) is 16.6 Å². The van der Waals surface area contributed by atoms with E-state index < -0.39 is 0 Å². The molecular weight excluding hydrogens is 406 g/mol. The van der Waals surface area contributed by atoms with Gasteiger partial charge in [-0.05, 0) is 68.0 Å². The van der Waals surface area contributed by atoms with E-state index in [9.17, 15) is 4.79 Å². The molecule has 7 heteroatoms. The Labute approximate surface area is 186 Å². The fraction of sp³-hybridized carbons (Fsp3) is 0.292. The summed E-state index contributed by atoms with van der Waals surface area (Å²) in [6, 6.07) is 18.4. The molecule has 2 aromatic carbocycles. The van der Waals surface area contributed by atoms with Crippen molar-refractivity contribution in [3.8, 4) is 0 Å². The highest BCUT2D eigenvalue weighted by atomic mass is 32.1. The van der Waals surface area contributed by atoms with Gasteiger partial charge < -0.3 is 9.80 Å². The van der Waals surface area contributed by atoms with Crippen molar-refractivity contribution in [3.05, 3.63) is 70.5 Å². The second kappa shape index (κ2) is 7.90. The fourth-order valence-corrected chi connectivity index (χ4v) is 4.78. The number of carbonyl (C=O) groups is 1. The minimum Gasteiger partial charge on any atom is -0.360 e. The van der Waals surface area contributed by atoms with Gasteiger partial charge in [0.1, 0.15) is 0 Å². The third-order valence-corrected chi connectivity index (χ3v) is 6.66. The van der Waals surface area contributed by atoms with Crippen molar-refractivity contribution in [3.63, 3.8) is 0 Å². The van der Waals surface area contributed by atoms with Crippen molar-refractivity contribution in [1.82, 2.24) is 14.2 Å². The van der Waals surface area contributed by atoms with Gasteiger partial charge in [-0.25, -0.2) is 0 Å². The molecule has 0 saturated carbocycles. The van der Waals surface area contributed by atoms with Crippen LogP contribution < -0.4 is 9.80 Å². The Morgan fingerprint density at radius 3 is 2.52 bits per heavy atom. The predicted molar refractivity (Wildman–Crippen MR) is 126 cm³/mol. The Balaban J connectivity index is 1.33. The molecular formula is C24H26N5OS+. The second-order valence-electron chi connectivity index (χ2n) is 8.32. The van der Waals surface area contributed by atoms with Gasteiger partial charge in [0.2, 0.25) is 4.77 Å². The smallest absolute Gasteiger partial charge is 0.207 e. The molecule has 1 aliphatic rings. The fourth-order valence-electron chi connectivity index (χ4n) is 4.48. The Kier molecular flexibility index (Phi) is 5.08. The highest BCUT2D eigenvalue weighted by Crippen LogP contribution is 2.21. The summed E-state index contributed by atoms with van der Waals surface area (Å²) in [5.41, 5.74) is 5.17. The highest BCUT2D eigenvalue weighted by Gasteiger charge is 2.22. The first-order valence-electron chi connectivity index (χ1n) is 10.7. The van der Waals surface area contributed by atoms with Crippen LogP contribution in [-0.2, 0) is 6.67 Å². The molecule has 0 radical (unpaired) electrons. The lowest BCUT2D eigenvalue weighted by Crippen LogP contribution is -3.14. The topological polar surface area (TPSA) is 47.0 Å². The molecule has 1 fully saturated rings. The van der Waals surface area contributed by atoms with Crippen molar-refractivity contribution in [2.24, 2.45) is 0 Å². The molecule has 2 aromatic heterocycles. The molecule has 0 aliphatic carbocycles. The molecule has 0 atom stereocenters. The van der Waals surface area contributed by atoms with E-state index in [4.69, 9.17) is 17.3 Å². The van der Waals surface area contributed by atoms with Crippen LogP contribution in [0.1, 0.15) is 22.8 Å². The Hall–Kier alpha value is -3.03. The molecule has 1 saturated heterocycles. The summed E-state index contributed by atoms with van der Waals surface area (Å²) in [6.45, 7) is 8.47. The van der Waals surface area contributed by atoms with Crippen molar-refractivity contribution in [1.29, 1.82) is 0 Å². The van der Waals surface area contributed by atoms with Gasteiger partial charge >= 0.3 is 0 Å². The summed E-state index contributed by atoms with van der Waals surface area (Å²) in [4.78, 5) is 15.3. The van der Waals surface area contributed by atoms with Crippen molar-refractivity contribution < 1.29 is 9.69 Å². The normalized spacial score (nSPS) is 15.1. The quantitative estimate of drug-likeness (QED) is 0.398. The zero-order chi connectivity index (χ0) is 21.5. The molecule has 158 valence electrons. The highest BCUT2D eigenvalue weighted by molar-refractivity contribution is 7.71. The van der Waals surface area contributed by atoms with Crippen molar-refractivity contribution >= 4 is 40.2 Å². The number of anilines is 1. The van der Waals surface area contributed by atoms with Crippen LogP contribution in [-0.4, -0.2) is 46.1 Å². The number of nitrogens with one attached hydrogen (secondary N) is 1. The zero-order valence-corrected chi connectivity index (χ0v) is 18.7. The Morgan fingerprint density at radius 1 is 1.10 bits per heavy atom. The van der Waals surface area contributed by atoms with Gasteiger partial charge in [-0.15, -0.1) is 5.10 Å². The van der Waals surface area contributed by atoms with Crippen molar-refractivity contribution in [2.75, 3.05) is 31.1 Å². The molecule has 0 amide bonds. The third kappa shape index (κ3) is 3.64. The third-order valence-electron chi connectivity index (χ3n) is 6.26. The van der Waals surface area contributed by atoms with Crippen LogP contribution in [0.5, 0.6) is 0 Å². The van der Waals surface area contributed by atoms with Gasteiger partial charge in [0.05, 0.1) is 31.7 Å². The number of ketones is 1. The molecule has 4 aromatic rings. The average molecular weight is 433 g/mol. The number of carbonyl (C=O) groups excluding carboxylic acids is 1. The van der Waals surface area contributed by atoms with E-state index in [0.29, 0.717) is 0 Å². The summed E-state index contributed by atoms with van der Waals surface area (Å²) < 4.78 is 4.81. The summed E-state index contributed by atoms with van der Waals surface area (Å²) in [5, 5.41) is 6.04. The first-order chi connectivity index (χ1) is 15.0. The van der Waals surface area contributed by atoms with E-state index >= 15 is 0 Å². The molecule has 6 nitrogen and oxygen atoms in total. The average Bonchev–Trinajstić information content (AvgIpc) is 3.09. The lowest BCUT2D eigenvalue weighted by molar-refractivity contribution is -0.924. The number of benzene rings is 2. The minimum atomic E-state index is 0.105. The van der Waals surface area contributed by atoms with Gasteiger partial charge in [0.25, 0.3) is 0 Å². The number of Topliss-reactive ketones (excluding diaryl/α,β-unsaturated/α-hetero) is 1. The standard InChI is InChI=1S/C24H25N5OS/c1-17-15-23-25-28(24(31)29(23)22-6-4-3-5-21(17)22)16-26-11-13-27(14-12-26)20-9-7-19(8-10-20)18(2)30/h3-10,15H,11-14,16H2,1-2H3/p+1. The van der Waals surface area contributed by atoms with Gasteiger partial charge in [0, 0.05) is 16.6 Å². The maximum Gasteiger partial charge on any atom is 0.207 e. The predicted octanol–water partition coefficient (Wildman–Crippen LogP) is 2.89. The number of aromatic nitrogens is 3. The molecule has 1 aliphatic heterocycles. The SMILES string of the molecule is CC(=O)c1ccc(N2CC[NH+](Cn3nc4cc(C)c5ccccc5n4c3=S)CC2)cc1. The van der Waals surface area contributed by atoms with Crippen LogP contribution >= 0.6 is 12.2 Å². The number of hydrogen-bond donors (Lipinski definition) is 1. The zero-order valence-electron chi connectivity index (χ0n) is 17.8. The maximum atomic E-state index is 11.5. The monoisotopic (exact) mass is 432 g/mol. The van der Waals surface area contributed by atoms with E-state index in [1.807, 2.05) is 35.0 Å². The number of hydrogen-bond acceptors (Lipinski definition) is 4. The summed E-state index contributed by atoms with van der Waals surface area (Å²) in [5.74, 6) is 0.105. The molecule has 31 heavy (non-hydrogen) atoms. The molecule has 3 heterocycles. The number of nitrogens with zero attached hydrogens (tertiary/aromatic N) is 4. The number of piperazine rings is 1. The number of quaternary nitrogens is 1. The number of fused-ring (bicyclic) bond motifs is 3. The minimum absolute atomic E-state index is 0.105. The van der Waals surface area contributed by atoms with Gasteiger partial charge in [-0.2, -0.15) is 4.68 Å². The molecule has 0 unspecified atom stereocenters. The summed E-state index contributed by atoms with van der Waals surface area (Å²) in [6.07, 6.45) is 0. The van der Waals surface area contributed by atoms with Crippen molar-refractivity contribution in [2.45, 2.75) is 20.5 Å². The number of aryl methyl sites for hydroxylation is 1. The number of para-hydroxylation sites is 1. The van der Waals surface area contributed by atoms with Crippen LogP contribution in [0, 0.1) is 11.7 Å². The van der Waals surface area contributed by atoms with E-state index in [2.05, 4.69) is 40.5 Å². The van der Waals surface area contributed by atoms with Crippen LogP contribution in [0.2, 0.25) is 0 Å².